The van der Waals surface area contributed by atoms with E-state index in [4.69, 9.17) is 23.5 Å². The van der Waals surface area contributed by atoms with Gasteiger partial charge >= 0.3 is 21.5 Å². The summed E-state index contributed by atoms with van der Waals surface area (Å²) in [6.45, 7) is 1.29. The molecule has 0 aromatic rings. The number of halogens is 2. The molecule has 4 aliphatic carbocycles. The van der Waals surface area contributed by atoms with Gasteiger partial charge in [-0.15, -0.1) is 0 Å². The van der Waals surface area contributed by atoms with Gasteiger partial charge in [-0.3, -0.25) is 9.35 Å². The van der Waals surface area contributed by atoms with Crippen LogP contribution in [0.25, 0.3) is 0 Å². The van der Waals surface area contributed by atoms with E-state index in [0.717, 1.165) is 38.5 Å². The van der Waals surface area contributed by atoms with Gasteiger partial charge in [0.25, 0.3) is 0 Å². The van der Waals surface area contributed by atoms with Gasteiger partial charge in [-0.05, 0) is 62.2 Å². The van der Waals surface area contributed by atoms with Gasteiger partial charge in [0.1, 0.15) is 18.3 Å². The van der Waals surface area contributed by atoms with Gasteiger partial charge < -0.3 is 18.9 Å². The fraction of sp³-hybridized carbons (Fsp3) is 0.905. The summed E-state index contributed by atoms with van der Waals surface area (Å²) < 4.78 is 78.4. The zero-order valence-electron chi connectivity index (χ0n) is 18.1. The molecule has 0 aromatic heterocycles. The molecule has 12 heteroatoms. The molecule has 5 aliphatic rings. The van der Waals surface area contributed by atoms with Gasteiger partial charge in [0, 0.05) is 18.4 Å². The van der Waals surface area contributed by atoms with Crippen LogP contribution in [-0.4, -0.2) is 68.3 Å². The van der Waals surface area contributed by atoms with E-state index in [1.807, 2.05) is 0 Å². The van der Waals surface area contributed by atoms with E-state index >= 15 is 0 Å². The van der Waals surface area contributed by atoms with Gasteiger partial charge in [-0.2, -0.15) is 17.2 Å². The molecular formula is C21H28F2O9S. The second-order valence-corrected chi connectivity index (χ2v) is 12.0. The van der Waals surface area contributed by atoms with Crippen LogP contribution in [0.5, 0.6) is 0 Å². The van der Waals surface area contributed by atoms with Gasteiger partial charge in [0.15, 0.2) is 0 Å². The maximum absolute atomic E-state index is 13.3. The van der Waals surface area contributed by atoms with Crippen molar-refractivity contribution in [2.24, 2.45) is 22.7 Å². The van der Waals surface area contributed by atoms with Crippen LogP contribution in [0.4, 0.5) is 13.6 Å². The van der Waals surface area contributed by atoms with Crippen LogP contribution >= 0.6 is 0 Å². The van der Waals surface area contributed by atoms with E-state index in [1.54, 1.807) is 0 Å². The number of Topliss-reactive ketones (excluding diaryl/α,β-unsaturated/α-hetero) is 1. The number of carbonyl (C=O) groups is 2. The molecular weight excluding hydrogens is 466 g/mol. The highest BCUT2D eigenvalue weighted by molar-refractivity contribution is 7.87. The predicted octanol–water partition coefficient (Wildman–Crippen LogP) is 2.72. The van der Waals surface area contributed by atoms with E-state index in [1.165, 1.54) is 0 Å². The quantitative estimate of drug-likeness (QED) is 0.199. The molecule has 5 fully saturated rings. The van der Waals surface area contributed by atoms with Crippen LogP contribution in [0, 0.1) is 22.7 Å². The van der Waals surface area contributed by atoms with E-state index in [9.17, 15) is 26.8 Å². The number of ether oxygens (including phenoxy) is 4. The summed E-state index contributed by atoms with van der Waals surface area (Å²) >= 11 is 0. The molecule has 1 aliphatic heterocycles. The summed E-state index contributed by atoms with van der Waals surface area (Å²) in [5.41, 5.74) is -0.497. The van der Waals surface area contributed by atoms with E-state index in [2.05, 4.69) is 0 Å². The molecule has 186 valence electrons. The predicted molar refractivity (Wildman–Crippen MR) is 106 cm³/mol. The van der Waals surface area contributed by atoms with Crippen molar-refractivity contribution < 1.29 is 50.3 Å². The number of carbonyl (C=O) groups excluding carboxylic acids is 2. The number of ketones is 1. The molecule has 1 saturated heterocycles. The molecule has 3 bridgehead atoms. The van der Waals surface area contributed by atoms with Crippen LogP contribution in [0.3, 0.4) is 0 Å². The lowest BCUT2D eigenvalue weighted by Crippen LogP contribution is -2.54. The Labute approximate surface area is 190 Å². The minimum Gasteiger partial charge on any atom is -0.431 e. The molecule has 4 saturated carbocycles. The van der Waals surface area contributed by atoms with Crippen molar-refractivity contribution >= 4 is 22.1 Å². The first-order valence-electron chi connectivity index (χ1n) is 11.3. The largest absolute Gasteiger partial charge is 0.508 e. The minimum atomic E-state index is -5.77. The average Bonchev–Trinajstić information content (AvgIpc) is 3.48. The topological polar surface area (TPSA) is 129 Å². The third-order valence-corrected chi connectivity index (χ3v) is 9.41. The molecule has 0 aromatic carbocycles. The SMILES string of the molecule is O=C(OCC1CO1)OC12CC3CC4(COCCCC(=O)C(F)(F)S(=O)(=O)O)CC(C1)C4(C3)C2. The summed E-state index contributed by atoms with van der Waals surface area (Å²) in [5, 5.41) is -4.80. The van der Waals surface area contributed by atoms with Crippen LogP contribution in [0.2, 0.25) is 0 Å². The molecule has 6 atom stereocenters. The van der Waals surface area contributed by atoms with Crippen molar-refractivity contribution in [2.75, 3.05) is 26.4 Å². The van der Waals surface area contributed by atoms with Crippen LogP contribution in [0.1, 0.15) is 51.4 Å². The van der Waals surface area contributed by atoms with Gasteiger partial charge in [-0.25, -0.2) is 4.79 Å². The summed E-state index contributed by atoms with van der Waals surface area (Å²) in [5.74, 6) is -0.976. The lowest BCUT2D eigenvalue weighted by atomic mass is 9.46. The van der Waals surface area contributed by atoms with Crippen molar-refractivity contribution in [2.45, 2.75) is 68.3 Å². The van der Waals surface area contributed by atoms with E-state index in [-0.39, 0.29) is 36.6 Å². The Morgan fingerprint density at radius 3 is 2.61 bits per heavy atom. The molecule has 6 unspecified atom stereocenters. The van der Waals surface area contributed by atoms with Gasteiger partial charge in [-0.1, -0.05) is 0 Å². The Bertz CT molecular complexity index is 947. The highest BCUT2D eigenvalue weighted by Gasteiger charge is 2.78. The summed E-state index contributed by atoms with van der Waals surface area (Å²) in [7, 11) is -5.77. The van der Waals surface area contributed by atoms with Crippen molar-refractivity contribution in [1.82, 2.24) is 0 Å². The molecule has 9 nitrogen and oxygen atoms in total. The van der Waals surface area contributed by atoms with Crippen molar-refractivity contribution in [1.29, 1.82) is 0 Å². The first-order valence-corrected chi connectivity index (χ1v) is 12.8. The monoisotopic (exact) mass is 494 g/mol. The number of alkyl halides is 2. The lowest BCUT2D eigenvalue weighted by molar-refractivity contribution is -0.147. The zero-order valence-corrected chi connectivity index (χ0v) is 18.9. The van der Waals surface area contributed by atoms with Crippen molar-refractivity contribution in [3.05, 3.63) is 0 Å². The Kier molecular flexibility index (Phi) is 5.36. The smallest absolute Gasteiger partial charge is 0.431 e. The molecule has 0 radical (unpaired) electrons. The molecule has 0 amide bonds. The highest BCUT2D eigenvalue weighted by atomic mass is 32.2. The minimum absolute atomic E-state index is 0.0182. The lowest BCUT2D eigenvalue weighted by Gasteiger charge is -2.58. The van der Waals surface area contributed by atoms with E-state index in [0.29, 0.717) is 25.0 Å². The molecule has 1 spiro atoms. The number of rotatable bonds is 11. The standard InChI is InChI=1S/C21H28F2O9S/c22-21(23,33(26,27)28)16(24)2-1-3-29-12-18-4-13-5-19(32-17(25)31-10-15-9-30-15)8-14(7-18)20(18,6-13)11-19/h13-15H,1-12H2,(H,26,27,28). The Hall–Kier alpha value is -1.37. The molecule has 5 rings (SSSR count). The van der Waals surface area contributed by atoms with Crippen molar-refractivity contribution in [3.63, 3.8) is 0 Å². The highest BCUT2D eigenvalue weighted by Crippen LogP contribution is 2.82. The number of hydrogen-bond donors (Lipinski definition) is 1. The number of hydrogen-bond acceptors (Lipinski definition) is 8. The number of fused-ring (bicyclic) bond motifs is 2. The maximum Gasteiger partial charge on any atom is 0.508 e. The summed E-state index contributed by atoms with van der Waals surface area (Å²) in [6, 6.07) is 0. The van der Waals surface area contributed by atoms with Gasteiger partial charge in [0.2, 0.25) is 5.78 Å². The Morgan fingerprint density at radius 1 is 1.15 bits per heavy atom. The average molecular weight is 495 g/mol. The molecule has 33 heavy (non-hydrogen) atoms. The van der Waals surface area contributed by atoms with Crippen LogP contribution < -0.4 is 0 Å². The third-order valence-electron chi connectivity index (χ3n) is 8.53. The first kappa shape index (κ1) is 23.4. The van der Waals surface area contributed by atoms with Crippen LogP contribution in [-0.2, 0) is 33.9 Å². The second-order valence-electron chi connectivity index (χ2n) is 10.6. The Balaban J connectivity index is 1.12. The second kappa shape index (κ2) is 7.56. The third kappa shape index (κ3) is 3.77. The fourth-order valence-electron chi connectivity index (χ4n) is 7.38. The molecule has 1 heterocycles. The van der Waals surface area contributed by atoms with Gasteiger partial charge in [0.05, 0.1) is 13.2 Å². The Morgan fingerprint density at radius 2 is 1.91 bits per heavy atom. The first-order chi connectivity index (χ1) is 15.4. The summed E-state index contributed by atoms with van der Waals surface area (Å²) in [4.78, 5) is 23.7. The number of epoxide rings is 1. The maximum atomic E-state index is 13.3. The molecule has 1 N–H and O–H groups in total. The summed E-state index contributed by atoms with van der Waals surface area (Å²) in [6.07, 6.45) is 3.95. The van der Waals surface area contributed by atoms with E-state index < -0.39 is 39.3 Å². The fourth-order valence-corrected chi connectivity index (χ4v) is 7.77. The van der Waals surface area contributed by atoms with Crippen LogP contribution in [0.15, 0.2) is 0 Å². The normalized spacial score (nSPS) is 40.3. The van der Waals surface area contributed by atoms with Crippen molar-refractivity contribution in [3.8, 4) is 0 Å². The zero-order chi connectivity index (χ0) is 23.7.